The van der Waals surface area contributed by atoms with E-state index >= 15 is 0 Å². The molecule has 0 aliphatic heterocycles. The van der Waals surface area contributed by atoms with E-state index in [9.17, 15) is 4.79 Å². The zero-order valence-electron chi connectivity index (χ0n) is 13.4. The van der Waals surface area contributed by atoms with Crippen molar-refractivity contribution in [1.29, 1.82) is 0 Å². The molecule has 2 N–H and O–H groups in total. The van der Waals surface area contributed by atoms with Crippen molar-refractivity contribution in [1.82, 2.24) is 5.32 Å². The topological polar surface area (TPSA) is 59.6 Å². The van der Waals surface area contributed by atoms with Gasteiger partial charge < -0.3 is 20.1 Å². The third kappa shape index (κ3) is 4.53. The van der Waals surface area contributed by atoms with Gasteiger partial charge in [-0.2, -0.15) is 0 Å². The number of carbonyl (C=O) groups excluding carboxylic acids is 1. The molecule has 0 bridgehead atoms. The highest BCUT2D eigenvalue weighted by Gasteiger charge is 2.32. The summed E-state index contributed by atoms with van der Waals surface area (Å²) in [4.78, 5) is 11.7. The second kappa shape index (κ2) is 6.77. The van der Waals surface area contributed by atoms with Crippen molar-refractivity contribution in [3.63, 3.8) is 0 Å². The number of methoxy groups -OCH3 is 1. The molecule has 1 aliphatic carbocycles. The Labute approximate surface area is 139 Å². The molecule has 2 rings (SSSR count). The van der Waals surface area contributed by atoms with Crippen molar-refractivity contribution >= 4 is 27.7 Å². The highest BCUT2D eigenvalue weighted by molar-refractivity contribution is 9.10. The van der Waals surface area contributed by atoms with Crippen LogP contribution in [0.4, 0.5) is 10.5 Å². The molecule has 5 nitrogen and oxygen atoms in total. The summed E-state index contributed by atoms with van der Waals surface area (Å²) in [6.07, 6.45) is 1.39. The molecule has 1 aliphatic rings. The van der Waals surface area contributed by atoms with Gasteiger partial charge in [-0.15, -0.1) is 0 Å². The van der Waals surface area contributed by atoms with Gasteiger partial charge in [0.2, 0.25) is 0 Å². The van der Waals surface area contributed by atoms with E-state index < -0.39 is 5.60 Å². The first-order valence-corrected chi connectivity index (χ1v) is 8.16. The monoisotopic (exact) mass is 370 g/mol. The third-order valence-electron chi connectivity index (χ3n) is 3.39. The van der Waals surface area contributed by atoms with Crippen molar-refractivity contribution in [2.24, 2.45) is 0 Å². The zero-order valence-corrected chi connectivity index (χ0v) is 15.0. The van der Waals surface area contributed by atoms with Crippen molar-refractivity contribution in [2.45, 2.75) is 51.3 Å². The first-order chi connectivity index (χ1) is 10.3. The van der Waals surface area contributed by atoms with Crippen LogP contribution in [0.5, 0.6) is 5.75 Å². The summed E-state index contributed by atoms with van der Waals surface area (Å²) in [5.41, 5.74) is 0.493. The molecule has 1 aromatic rings. The van der Waals surface area contributed by atoms with Crippen LogP contribution in [0.3, 0.4) is 0 Å². The van der Waals surface area contributed by atoms with Crippen LogP contribution in [0.2, 0.25) is 0 Å². The van der Waals surface area contributed by atoms with Gasteiger partial charge in [0.15, 0.2) is 5.75 Å². The van der Waals surface area contributed by atoms with Crippen molar-refractivity contribution in [2.75, 3.05) is 12.4 Å². The van der Waals surface area contributed by atoms with Crippen molar-refractivity contribution in [3.05, 3.63) is 22.7 Å². The lowest BCUT2D eigenvalue weighted by Crippen LogP contribution is -2.50. The highest BCUT2D eigenvalue weighted by Crippen LogP contribution is 2.35. The minimum atomic E-state index is -0.463. The molecule has 1 fully saturated rings. The van der Waals surface area contributed by atoms with E-state index in [-0.39, 0.29) is 12.1 Å². The standard InChI is InChI=1S/C16H23BrN2O3/c1-16(2,3)22-15(20)19-11-8-10(9-11)18-13-7-5-6-12(17)14(13)21-4/h5-7,10-11,18H,8-9H2,1-4H3,(H,19,20). The molecule has 0 radical (unpaired) electrons. The summed E-state index contributed by atoms with van der Waals surface area (Å²) in [6.45, 7) is 5.58. The predicted octanol–water partition coefficient (Wildman–Crippen LogP) is 3.93. The molecule has 0 spiro atoms. The number of benzene rings is 1. The molecule has 6 heteroatoms. The molecule has 0 heterocycles. The quantitative estimate of drug-likeness (QED) is 0.842. The number of hydrogen-bond donors (Lipinski definition) is 2. The van der Waals surface area contributed by atoms with E-state index in [1.165, 1.54) is 0 Å². The van der Waals surface area contributed by atoms with Crippen LogP contribution in [0.15, 0.2) is 22.7 Å². The number of hydrogen-bond acceptors (Lipinski definition) is 4. The van der Waals surface area contributed by atoms with Gasteiger partial charge in [-0.25, -0.2) is 4.79 Å². The Balaban J connectivity index is 1.81. The Hall–Kier alpha value is -1.43. The summed E-state index contributed by atoms with van der Waals surface area (Å²) < 4.78 is 11.6. The number of rotatable bonds is 4. The fourth-order valence-corrected chi connectivity index (χ4v) is 2.91. The van der Waals surface area contributed by atoms with Crippen LogP contribution < -0.4 is 15.4 Å². The maximum absolute atomic E-state index is 11.7. The first kappa shape index (κ1) is 16.9. The average molecular weight is 371 g/mol. The number of ether oxygens (including phenoxy) is 2. The molecule has 1 saturated carbocycles. The first-order valence-electron chi connectivity index (χ1n) is 7.37. The summed E-state index contributed by atoms with van der Waals surface area (Å²) in [5, 5.41) is 6.33. The second-order valence-corrected chi connectivity index (χ2v) is 7.33. The van der Waals surface area contributed by atoms with E-state index in [2.05, 4.69) is 26.6 Å². The number of anilines is 1. The predicted molar refractivity (Wildman–Crippen MR) is 90.5 cm³/mol. The molecule has 0 aromatic heterocycles. The Morgan fingerprint density at radius 2 is 1.95 bits per heavy atom. The minimum absolute atomic E-state index is 0.158. The number of alkyl carbamates (subject to hydrolysis) is 1. The van der Waals surface area contributed by atoms with Crippen molar-refractivity contribution < 1.29 is 14.3 Å². The van der Waals surface area contributed by atoms with E-state index in [1.807, 2.05) is 39.0 Å². The SMILES string of the molecule is COc1c(Br)cccc1NC1CC(NC(=O)OC(C)(C)C)C1. The Morgan fingerprint density at radius 1 is 1.27 bits per heavy atom. The number of amides is 1. The van der Waals surface area contributed by atoms with Gasteiger partial charge in [-0.05, 0) is 61.7 Å². The second-order valence-electron chi connectivity index (χ2n) is 6.48. The Bertz CT molecular complexity index is 537. The lowest BCUT2D eigenvalue weighted by molar-refractivity contribution is 0.0475. The number of para-hydroxylation sites is 1. The fourth-order valence-electron chi connectivity index (χ4n) is 2.38. The zero-order chi connectivity index (χ0) is 16.3. The molecule has 0 atom stereocenters. The van der Waals surface area contributed by atoms with Gasteiger partial charge in [0.1, 0.15) is 5.60 Å². The van der Waals surface area contributed by atoms with Gasteiger partial charge in [-0.3, -0.25) is 0 Å². The van der Waals surface area contributed by atoms with E-state index in [4.69, 9.17) is 9.47 Å². The molecular weight excluding hydrogens is 348 g/mol. The number of carbonyl (C=O) groups is 1. The maximum atomic E-state index is 11.7. The molecule has 1 aromatic carbocycles. The normalized spacial score (nSPS) is 20.8. The maximum Gasteiger partial charge on any atom is 0.407 e. The fraction of sp³-hybridized carbons (Fsp3) is 0.562. The van der Waals surface area contributed by atoms with Gasteiger partial charge in [0, 0.05) is 12.1 Å². The summed E-state index contributed by atoms with van der Waals surface area (Å²) in [6, 6.07) is 6.37. The molecule has 0 saturated heterocycles. The van der Waals surface area contributed by atoms with Gasteiger partial charge in [-0.1, -0.05) is 6.07 Å². The molecule has 122 valence electrons. The lowest BCUT2D eigenvalue weighted by Gasteiger charge is -2.37. The van der Waals surface area contributed by atoms with E-state index in [1.54, 1.807) is 7.11 Å². The van der Waals surface area contributed by atoms with E-state index in [0.29, 0.717) is 6.04 Å². The minimum Gasteiger partial charge on any atom is -0.493 e. The number of halogens is 1. The highest BCUT2D eigenvalue weighted by atomic mass is 79.9. The van der Waals surface area contributed by atoms with Gasteiger partial charge in [0.25, 0.3) is 0 Å². The van der Waals surface area contributed by atoms with Crippen LogP contribution in [0.25, 0.3) is 0 Å². The third-order valence-corrected chi connectivity index (χ3v) is 4.01. The molecule has 1 amide bonds. The summed E-state index contributed by atoms with van der Waals surface area (Å²) in [5.74, 6) is 0.797. The van der Waals surface area contributed by atoms with Crippen LogP contribution in [0, 0.1) is 0 Å². The summed E-state index contributed by atoms with van der Waals surface area (Å²) >= 11 is 3.47. The largest absolute Gasteiger partial charge is 0.493 e. The van der Waals surface area contributed by atoms with Gasteiger partial charge in [0.05, 0.1) is 17.3 Å². The van der Waals surface area contributed by atoms with Crippen LogP contribution in [-0.4, -0.2) is 30.9 Å². The smallest absolute Gasteiger partial charge is 0.407 e. The van der Waals surface area contributed by atoms with Crippen LogP contribution in [-0.2, 0) is 4.74 Å². The van der Waals surface area contributed by atoms with Gasteiger partial charge >= 0.3 is 6.09 Å². The number of nitrogens with one attached hydrogen (secondary N) is 2. The van der Waals surface area contributed by atoms with Crippen molar-refractivity contribution in [3.8, 4) is 5.75 Å². The molecular formula is C16H23BrN2O3. The molecule has 22 heavy (non-hydrogen) atoms. The Kier molecular flexibility index (Phi) is 5.21. The molecule has 0 unspecified atom stereocenters. The van der Waals surface area contributed by atoms with E-state index in [0.717, 1.165) is 28.8 Å². The van der Waals surface area contributed by atoms with Crippen LogP contribution >= 0.6 is 15.9 Å². The Morgan fingerprint density at radius 3 is 2.55 bits per heavy atom. The van der Waals surface area contributed by atoms with Crippen LogP contribution in [0.1, 0.15) is 33.6 Å². The lowest BCUT2D eigenvalue weighted by atomic mass is 9.86. The summed E-state index contributed by atoms with van der Waals surface area (Å²) in [7, 11) is 1.65. The average Bonchev–Trinajstić information content (AvgIpc) is 2.34.